The molecule has 2 aliphatic rings. The van der Waals surface area contributed by atoms with Gasteiger partial charge in [0, 0.05) is 11.5 Å². The van der Waals surface area contributed by atoms with Crippen LogP contribution in [0.25, 0.3) is 10.4 Å². The zero-order valence-corrected chi connectivity index (χ0v) is 45.5. The molecule has 83 heavy (non-hydrogen) atoms. The molecule has 0 unspecified atom stereocenters. The van der Waals surface area contributed by atoms with Crippen LogP contribution < -0.4 is 0 Å². The number of benzene rings is 7. The average Bonchev–Trinajstić information content (AvgIpc) is 3.62. The summed E-state index contributed by atoms with van der Waals surface area (Å²) in [5, 5.41) is 3.84. The second-order valence-corrected chi connectivity index (χ2v) is 19.2. The molecular weight excluding hydrogens is 1070 g/mol. The van der Waals surface area contributed by atoms with Crippen LogP contribution in [0.15, 0.2) is 217 Å². The van der Waals surface area contributed by atoms with Crippen molar-refractivity contribution in [3.63, 3.8) is 0 Å². The molecule has 2 fully saturated rings. The van der Waals surface area contributed by atoms with Gasteiger partial charge < -0.3 is 14.2 Å². The number of nitrogens with zero attached hydrogens (tertiary/aromatic N) is 3. The van der Waals surface area contributed by atoms with E-state index < -0.39 is 61.2 Å². The molecule has 0 amide bonds. The number of hydrogen-bond acceptors (Lipinski definition) is 18. The monoisotopic (exact) mass is 1140 g/mol. The second kappa shape index (κ2) is 34.7. The van der Waals surface area contributed by atoms with E-state index >= 15 is 0 Å². The van der Waals surface area contributed by atoms with E-state index in [2.05, 4.69) is 10.0 Å². The molecule has 2 saturated heterocycles. The predicted octanol–water partition coefficient (Wildman–Crippen LogP) is 11.4. The number of ether oxygens (including phenoxy) is 3. The molecule has 9 rings (SSSR count). The Balaban J connectivity index is 1.09. The van der Waals surface area contributed by atoms with Gasteiger partial charge in [0.25, 0.3) is 0 Å². The van der Waals surface area contributed by atoms with Crippen molar-refractivity contribution in [1.29, 1.82) is 0 Å². The van der Waals surface area contributed by atoms with Crippen LogP contribution in [-0.2, 0) is 129 Å². The molecule has 20 heteroatoms. The standard InChI is InChI=1S/C63H67N3O17/c64-66-65-37-36-54-58(79-71-40-49-26-12-3-13-27-49)60(81-73-42-51-30-16-5-17-31-51)57(55(76-54)45-69-67-38-47-22-8-1-9-23-47)78-63-62(83-75-44-53-34-20-7-21-35-53)61(82-74-43-52-32-18-6-19-33-52)59(80-72-41-50-28-14-4-15-29-50)56(77-63)46-70-68-39-48-24-10-2-11-25-48/h1-35,54-63H,36-46H2/t54-,55+,56+,57+,58-,59-,60-,61-,62+,63-/m0/s1. The highest BCUT2D eigenvalue weighted by Crippen LogP contribution is 2.37. The van der Waals surface area contributed by atoms with Crippen LogP contribution in [0.1, 0.15) is 45.4 Å². The first kappa shape index (κ1) is 60.8. The number of azide groups is 1. The molecular formula is C63H67N3O17. The van der Waals surface area contributed by atoms with Crippen LogP contribution in [-0.4, -0.2) is 81.0 Å². The predicted molar refractivity (Wildman–Crippen MR) is 296 cm³/mol. The topological polar surface area (TPSA) is 206 Å². The maximum atomic E-state index is 9.44. The van der Waals surface area contributed by atoms with E-state index in [1.165, 1.54) is 0 Å². The van der Waals surface area contributed by atoms with Crippen LogP contribution in [0.3, 0.4) is 0 Å². The van der Waals surface area contributed by atoms with Crippen molar-refractivity contribution >= 4 is 0 Å². The molecule has 0 saturated carbocycles. The molecule has 7 aromatic carbocycles. The van der Waals surface area contributed by atoms with E-state index in [1.807, 2.05) is 212 Å². The third-order valence-corrected chi connectivity index (χ3v) is 13.2. The first-order valence-electron chi connectivity index (χ1n) is 27.3. The highest BCUT2D eigenvalue weighted by atomic mass is 17.3. The summed E-state index contributed by atoms with van der Waals surface area (Å²) >= 11 is 0. The lowest BCUT2D eigenvalue weighted by Crippen LogP contribution is -2.66. The van der Waals surface area contributed by atoms with Gasteiger partial charge in [-0.2, -0.15) is 0 Å². The van der Waals surface area contributed by atoms with Gasteiger partial charge in [-0.1, -0.05) is 217 Å². The lowest BCUT2D eigenvalue weighted by Gasteiger charge is -2.48. The molecule has 10 atom stereocenters. The van der Waals surface area contributed by atoms with Gasteiger partial charge in [0.1, 0.15) is 77.8 Å². The van der Waals surface area contributed by atoms with Gasteiger partial charge >= 0.3 is 0 Å². The van der Waals surface area contributed by atoms with E-state index in [9.17, 15) is 5.53 Å². The minimum atomic E-state index is -1.51. The normalized spacial score (nSPS) is 22.4. The second-order valence-electron chi connectivity index (χ2n) is 19.2. The Morgan fingerprint density at radius 1 is 0.313 bits per heavy atom. The number of hydrogen-bond donors (Lipinski definition) is 0. The van der Waals surface area contributed by atoms with E-state index in [1.54, 1.807) is 0 Å². The summed E-state index contributed by atoms with van der Waals surface area (Å²) in [4.78, 5) is 88.9. The lowest BCUT2D eigenvalue weighted by atomic mass is 9.92. The summed E-state index contributed by atoms with van der Waals surface area (Å²) in [5.41, 5.74) is 15.2. The van der Waals surface area contributed by atoms with Crippen LogP contribution in [0.2, 0.25) is 0 Å². The van der Waals surface area contributed by atoms with Crippen molar-refractivity contribution in [3.05, 3.63) is 262 Å². The van der Waals surface area contributed by atoms with Gasteiger partial charge in [-0.15, -0.1) is 0 Å². The van der Waals surface area contributed by atoms with Crippen molar-refractivity contribution in [2.75, 3.05) is 19.8 Å². The molecule has 0 bridgehead atoms. The van der Waals surface area contributed by atoms with Gasteiger partial charge in [0.15, 0.2) is 36.8 Å². The zero-order valence-electron chi connectivity index (χ0n) is 45.5. The quantitative estimate of drug-likeness (QED) is 0.00904. The molecule has 0 spiro atoms. The fourth-order valence-corrected chi connectivity index (χ4v) is 8.95. The minimum Gasteiger partial charge on any atom is -0.367 e. The Labute approximate surface area is 481 Å². The first-order chi connectivity index (χ1) is 41.2. The molecule has 0 N–H and O–H groups in total. The zero-order chi connectivity index (χ0) is 56.8. The molecule has 0 aliphatic carbocycles. The lowest BCUT2D eigenvalue weighted by molar-refractivity contribution is -0.496. The molecule has 0 radical (unpaired) electrons. The summed E-state index contributed by atoms with van der Waals surface area (Å²) < 4.78 is 21.1. The molecule has 7 aromatic rings. The third-order valence-electron chi connectivity index (χ3n) is 13.2. The van der Waals surface area contributed by atoms with E-state index in [4.69, 9.17) is 82.6 Å². The molecule has 20 nitrogen and oxygen atoms in total. The summed E-state index contributed by atoms with van der Waals surface area (Å²) in [7, 11) is 0. The largest absolute Gasteiger partial charge is 0.367 e. The Hall–Kier alpha value is -6.83. The van der Waals surface area contributed by atoms with Gasteiger partial charge in [-0.3, -0.25) is 0 Å². The fourth-order valence-electron chi connectivity index (χ4n) is 8.95. The summed E-state index contributed by atoms with van der Waals surface area (Å²) in [6.07, 6.45) is -12.1. The Morgan fingerprint density at radius 3 is 0.952 bits per heavy atom. The molecule has 2 aliphatic heterocycles. The highest BCUT2D eigenvalue weighted by Gasteiger charge is 2.56. The summed E-state index contributed by atoms with van der Waals surface area (Å²) in [6.45, 7) is -0.253. The van der Waals surface area contributed by atoms with E-state index in [0.717, 1.165) is 38.9 Å². The molecule has 0 aromatic heterocycles. The Bertz CT molecular complexity index is 2880. The molecule has 436 valence electrons. The van der Waals surface area contributed by atoms with Crippen molar-refractivity contribution < 1.29 is 82.6 Å². The van der Waals surface area contributed by atoms with Crippen LogP contribution in [0.4, 0.5) is 0 Å². The maximum absolute atomic E-state index is 9.44. The van der Waals surface area contributed by atoms with Crippen molar-refractivity contribution in [3.8, 4) is 0 Å². The SMILES string of the molecule is [N-]=[N+]=NCC[C@@H]1O[C@H](COOCc2ccccc2)[C@@H](O[C@@H]2O[C@H](COOCc3ccccc3)[C@H](OOCc3ccccc3)[C@H](OOCc3ccccc3)[C@H]2OOCc2ccccc2)[C@H](OOCc2ccccc2)[C@H]1OOCc1ccccc1. The van der Waals surface area contributed by atoms with Crippen molar-refractivity contribution in [2.24, 2.45) is 5.11 Å². The van der Waals surface area contributed by atoms with E-state index in [0.29, 0.717) is 0 Å². The van der Waals surface area contributed by atoms with Crippen molar-refractivity contribution in [1.82, 2.24) is 0 Å². The van der Waals surface area contributed by atoms with Crippen LogP contribution >= 0.6 is 0 Å². The highest BCUT2D eigenvalue weighted by molar-refractivity contribution is 5.18. The minimum absolute atomic E-state index is 0.00503. The third kappa shape index (κ3) is 19.9. The van der Waals surface area contributed by atoms with Gasteiger partial charge in [-0.25, -0.2) is 68.4 Å². The van der Waals surface area contributed by atoms with Crippen LogP contribution in [0.5, 0.6) is 0 Å². The first-order valence-corrected chi connectivity index (χ1v) is 27.3. The van der Waals surface area contributed by atoms with Crippen molar-refractivity contribution in [2.45, 2.75) is 114 Å². The van der Waals surface area contributed by atoms with Crippen LogP contribution in [0, 0.1) is 0 Å². The Morgan fingerprint density at radius 2 is 0.602 bits per heavy atom. The van der Waals surface area contributed by atoms with Gasteiger partial charge in [0.05, 0.1) is 6.10 Å². The molecule has 2 heterocycles. The fraction of sp³-hybridized carbons (Fsp3) is 0.333. The maximum Gasteiger partial charge on any atom is 0.190 e. The number of rotatable bonds is 35. The smallest absolute Gasteiger partial charge is 0.190 e. The van der Waals surface area contributed by atoms with E-state index in [-0.39, 0.29) is 72.4 Å². The van der Waals surface area contributed by atoms with Gasteiger partial charge in [-0.05, 0) is 50.9 Å². The Kier molecular flexibility index (Phi) is 25.4. The average molecular weight is 1140 g/mol. The summed E-state index contributed by atoms with van der Waals surface area (Å²) in [6, 6.07) is 66.3. The van der Waals surface area contributed by atoms with Gasteiger partial charge in [0.2, 0.25) is 0 Å². The summed E-state index contributed by atoms with van der Waals surface area (Å²) in [5.74, 6) is 0.